The van der Waals surface area contributed by atoms with Gasteiger partial charge < -0.3 is 0 Å². The second-order valence-electron chi connectivity index (χ2n) is 2.37. The molecule has 0 fully saturated rings. The predicted molar refractivity (Wildman–Crippen MR) is 39.3 cm³/mol. The number of rotatable bonds is 1. The maximum Gasteiger partial charge on any atom is 0.454 e. The first kappa shape index (κ1) is 10.2. The summed E-state index contributed by atoms with van der Waals surface area (Å²) in [5, 5.41) is 8.34. The molecule has 0 saturated heterocycles. The smallest absolute Gasteiger partial charge is 0.284 e. The van der Waals surface area contributed by atoms with Crippen molar-refractivity contribution in [1.29, 1.82) is 5.26 Å². The van der Waals surface area contributed by atoms with Crippen LogP contribution < -0.4 is 0 Å². The molecule has 1 aromatic rings. The summed E-state index contributed by atoms with van der Waals surface area (Å²) in [7, 11) is 0. The average molecular weight is 200 g/mol. The van der Waals surface area contributed by atoms with E-state index >= 15 is 0 Å². The molecule has 0 saturated carbocycles. The first-order chi connectivity index (χ1) is 6.45. The third-order valence-electron chi connectivity index (χ3n) is 1.39. The maximum atomic E-state index is 11.9. The van der Waals surface area contributed by atoms with E-state index in [0.717, 1.165) is 18.3 Å². The molecule has 0 radical (unpaired) electrons. The molecule has 6 heteroatoms. The Labute approximate surface area is 76.8 Å². The number of nitrogens with zero attached hydrogens (tertiary/aromatic N) is 2. The van der Waals surface area contributed by atoms with E-state index in [9.17, 15) is 18.0 Å². The number of alkyl halides is 3. The van der Waals surface area contributed by atoms with E-state index in [1.54, 1.807) is 6.07 Å². The molecular weight excluding hydrogens is 197 g/mol. The fourth-order valence-electron chi connectivity index (χ4n) is 0.797. The lowest BCUT2D eigenvalue weighted by Gasteiger charge is -2.03. The van der Waals surface area contributed by atoms with Gasteiger partial charge in [0.05, 0.1) is 0 Å². The number of carbonyl (C=O) groups is 1. The van der Waals surface area contributed by atoms with E-state index in [4.69, 9.17) is 5.26 Å². The van der Waals surface area contributed by atoms with Crippen LogP contribution in [0, 0.1) is 11.3 Å². The number of aromatic nitrogens is 1. The molecule has 0 aliphatic carbocycles. The Morgan fingerprint density at radius 1 is 1.50 bits per heavy atom. The monoisotopic (exact) mass is 200 g/mol. The summed E-state index contributed by atoms with van der Waals surface area (Å²) in [6.45, 7) is 0. The quantitative estimate of drug-likeness (QED) is 0.648. The summed E-state index contributed by atoms with van der Waals surface area (Å²) in [6, 6.07) is 3.26. The van der Waals surface area contributed by atoms with Gasteiger partial charge in [0.1, 0.15) is 11.8 Å². The minimum absolute atomic E-state index is 0.222. The van der Waals surface area contributed by atoms with Crippen LogP contribution >= 0.6 is 0 Å². The van der Waals surface area contributed by atoms with E-state index in [2.05, 4.69) is 4.98 Å². The van der Waals surface area contributed by atoms with Crippen LogP contribution in [0.4, 0.5) is 13.2 Å². The molecule has 0 unspecified atom stereocenters. The van der Waals surface area contributed by atoms with Gasteiger partial charge in [0.15, 0.2) is 0 Å². The summed E-state index contributed by atoms with van der Waals surface area (Å²) < 4.78 is 35.8. The van der Waals surface area contributed by atoms with Crippen molar-refractivity contribution in [2.24, 2.45) is 0 Å². The van der Waals surface area contributed by atoms with E-state index in [-0.39, 0.29) is 5.69 Å². The largest absolute Gasteiger partial charge is 0.454 e. The Bertz CT molecular complexity index is 406. The van der Waals surface area contributed by atoms with Crippen molar-refractivity contribution in [1.82, 2.24) is 4.98 Å². The Morgan fingerprint density at radius 2 is 2.14 bits per heavy atom. The first-order valence-corrected chi connectivity index (χ1v) is 3.43. The highest BCUT2D eigenvalue weighted by Gasteiger charge is 2.39. The van der Waals surface area contributed by atoms with Gasteiger partial charge in [-0.05, 0) is 12.1 Å². The molecule has 0 aromatic carbocycles. The van der Waals surface area contributed by atoms with E-state index in [1.165, 1.54) is 0 Å². The minimum atomic E-state index is -4.92. The first-order valence-electron chi connectivity index (χ1n) is 3.43. The second kappa shape index (κ2) is 3.46. The molecule has 14 heavy (non-hydrogen) atoms. The second-order valence-corrected chi connectivity index (χ2v) is 2.37. The van der Waals surface area contributed by atoms with E-state index in [1.807, 2.05) is 0 Å². The fraction of sp³-hybridized carbons (Fsp3) is 0.125. The molecule has 72 valence electrons. The molecule has 1 rings (SSSR count). The number of pyridine rings is 1. The van der Waals surface area contributed by atoms with Crippen LogP contribution in [0.5, 0.6) is 0 Å². The lowest BCUT2D eigenvalue weighted by molar-refractivity contribution is -0.0885. The number of halogens is 3. The maximum absolute atomic E-state index is 11.9. The third-order valence-corrected chi connectivity index (χ3v) is 1.39. The summed E-state index contributed by atoms with van der Waals surface area (Å²) in [5.74, 6) is -1.98. The number of ketones is 1. The van der Waals surface area contributed by atoms with Gasteiger partial charge in [-0.2, -0.15) is 18.4 Å². The van der Waals surface area contributed by atoms with Crippen molar-refractivity contribution in [2.75, 3.05) is 0 Å². The highest BCUT2D eigenvalue weighted by Crippen LogP contribution is 2.21. The molecule has 1 heterocycles. The van der Waals surface area contributed by atoms with E-state index < -0.39 is 17.5 Å². The molecule has 0 N–H and O–H groups in total. The van der Waals surface area contributed by atoms with Crippen LogP contribution in [0.3, 0.4) is 0 Å². The predicted octanol–water partition coefficient (Wildman–Crippen LogP) is 1.70. The van der Waals surface area contributed by atoms with Crippen LogP contribution in [0.15, 0.2) is 18.3 Å². The van der Waals surface area contributed by atoms with Crippen LogP contribution in [0.2, 0.25) is 0 Å². The van der Waals surface area contributed by atoms with Gasteiger partial charge in [0, 0.05) is 11.8 Å². The molecule has 1 aromatic heterocycles. The van der Waals surface area contributed by atoms with Gasteiger partial charge in [-0.3, -0.25) is 4.79 Å². The van der Waals surface area contributed by atoms with Crippen molar-refractivity contribution < 1.29 is 18.0 Å². The Kier molecular flexibility index (Phi) is 2.51. The van der Waals surface area contributed by atoms with Crippen molar-refractivity contribution in [3.63, 3.8) is 0 Å². The number of hydrogen-bond acceptors (Lipinski definition) is 3. The molecule has 0 amide bonds. The van der Waals surface area contributed by atoms with Gasteiger partial charge in [-0.15, -0.1) is 0 Å². The molecule has 0 bridgehead atoms. The van der Waals surface area contributed by atoms with Gasteiger partial charge in [-0.1, -0.05) is 0 Å². The van der Waals surface area contributed by atoms with Gasteiger partial charge in [0.25, 0.3) is 5.78 Å². The highest BCUT2D eigenvalue weighted by atomic mass is 19.4. The van der Waals surface area contributed by atoms with Gasteiger partial charge >= 0.3 is 6.18 Å². The average Bonchev–Trinajstić information content (AvgIpc) is 2.15. The zero-order valence-electron chi connectivity index (χ0n) is 6.67. The van der Waals surface area contributed by atoms with Crippen molar-refractivity contribution in [3.05, 3.63) is 29.6 Å². The normalized spacial score (nSPS) is 10.7. The Hall–Kier alpha value is -1.90. The molecule has 0 spiro atoms. The Balaban J connectivity index is 3.10. The van der Waals surface area contributed by atoms with Gasteiger partial charge in [-0.25, -0.2) is 4.98 Å². The number of hydrogen-bond donors (Lipinski definition) is 0. The number of carbonyl (C=O) groups excluding carboxylic acids is 1. The summed E-state index contributed by atoms with van der Waals surface area (Å²) in [4.78, 5) is 14.1. The Morgan fingerprint density at radius 3 is 2.64 bits per heavy atom. The number of nitriles is 1. The molecule has 3 nitrogen and oxygen atoms in total. The summed E-state index contributed by atoms with van der Waals surface area (Å²) >= 11 is 0. The van der Waals surface area contributed by atoms with Crippen LogP contribution in [-0.4, -0.2) is 16.9 Å². The van der Waals surface area contributed by atoms with Gasteiger partial charge in [0.2, 0.25) is 0 Å². The number of Topliss-reactive ketones (excluding diaryl/α,β-unsaturated/α-hetero) is 1. The van der Waals surface area contributed by atoms with Crippen molar-refractivity contribution in [3.8, 4) is 6.07 Å². The van der Waals surface area contributed by atoms with Crippen LogP contribution in [0.25, 0.3) is 0 Å². The van der Waals surface area contributed by atoms with Crippen LogP contribution in [-0.2, 0) is 0 Å². The molecule has 0 aliphatic heterocycles. The van der Waals surface area contributed by atoms with E-state index in [0.29, 0.717) is 0 Å². The summed E-state index contributed by atoms with van der Waals surface area (Å²) in [6.07, 6.45) is -3.94. The fourth-order valence-corrected chi connectivity index (χ4v) is 0.797. The standard InChI is InChI=1S/C8H3F3N2O/c9-8(10,11)7(14)5-1-2-13-6(3-5)4-12/h1-3H. The van der Waals surface area contributed by atoms with Crippen LogP contribution in [0.1, 0.15) is 16.1 Å². The topological polar surface area (TPSA) is 53.8 Å². The third kappa shape index (κ3) is 2.07. The van der Waals surface area contributed by atoms with Crippen molar-refractivity contribution >= 4 is 5.78 Å². The zero-order chi connectivity index (χ0) is 10.8. The summed E-state index contributed by atoms with van der Waals surface area (Å²) in [5.41, 5.74) is -0.802. The molecule has 0 aliphatic rings. The zero-order valence-corrected chi connectivity index (χ0v) is 6.67. The molecular formula is C8H3F3N2O. The lowest BCUT2D eigenvalue weighted by Crippen LogP contribution is -2.22. The SMILES string of the molecule is N#Cc1cc(C(=O)C(F)(F)F)ccn1. The minimum Gasteiger partial charge on any atom is -0.284 e. The highest BCUT2D eigenvalue weighted by molar-refractivity contribution is 6.00. The lowest BCUT2D eigenvalue weighted by atomic mass is 10.1. The van der Waals surface area contributed by atoms with Crippen molar-refractivity contribution in [2.45, 2.75) is 6.18 Å². The molecule has 0 atom stereocenters.